The summed E-state index contributed by atoms with van der Waals surface area (Å²) in [6.45, 7) is 3.48. The lowest BCUT2D eigenvalue weighted by molar-refractivity contribution is -0.384. The van der Waals surface area contributed by atoms with E-state index in [4.69, 9.17) is 9.47 Å². The summed E-state index contributed by atoms with van der Waals surface area (Å²) in [6.07, 6.45) is 0. The summed E-state index contributed by atoms with van der Waals surface area (Å²) in [4.78, 5) is 33.8. The molecular formula is C15H17N3O6. The molecule has 9 heteroatoms. The quantitative estimate of drug-likeness (QED) is 0.462. The van der Waals surface area contributed by atoms with E-state index in [0.717, 1.165) is 0 Å². The van der Waals surface area contributed by atoms with Crippen molar-refractivity contribution < 1.29 is 24.0 Å². The third kappa shape index (κ3) is 4.00. The molecule has 1 aromatic rings. The molecular weight excluding hydrogens is 318 g/mol. The summed E-state index contributed by atoms with van der Waals surface area (Å²) in [5, 5.41) is 15.7. The minimum Gasteiger partial charge on any atom is -0.487 e. The number of benzene rings is 1. The molecule has 0 aliphatic carbocycles. The van der Waals surface area contributed by atoms with Gasteiger partial charge in [-0.2, -0.15) is 0 Å². The van der Waals surface area contributed by atoms with E-state index in [1.54, 1.807) is 13.8 Å². The molecule has 1 aliphatic heterocycles. The van der Waals surface area contributed by atoms with Crippen LogP contribution in [-0.4, -0.2) is 36.2 Å². The zero-order valence-electron chi connectivity index (χ0n) is 13.2. The van der Waals surface area contributed by atoms with Crippen molar-refractivity contribution in [3.8, 4) is 5.75 Å². The fraction of sp³-hybridized carbons (Fsp3) is 0.333. The Hall–Kier alpha value is -3.10. The molecule has 0 radical (unpaired) electrons. The van der Waals surface area contributed by atoms with Gasteiger partial charge in [0.1, 0.15) is 12.4 Å². The second-order valence-electron chi connectivity index (χ2n) is 4.97. The van der Waals surface area contributed by atoms with Gasteiger partial charge in [-0.15, -0.1) is 0 Å². The van der Waals surface area contributed by atoms with Gasteiger partial charge in [0.15, 0.2) is 0 Å². The molecule has 128 valence electrons. The van der Waals surface area contributed by atoms with E-state index in [9.17, 15) is 19.7 Å². The Kier molecular flexibility index (Phi) is 5.35. The molecule has 0 unspecified atom stereocenters. The van der Waals surface area contributed by atoms with Gasteiger partial charge in [0.2, 0.25) is 0 Å². The van der Waals surface area contributed by atoms with Gasteiger partial charge in [0.05, 0.1) is 28.8 Å². The Bertz CT molecular complexity index is 683. The number of rotatable bonds is 6. The molecule has 2 rings (SSSR count). The molecule has 0 saturated heterocycles. The number of nitro benzene ring substituents is 1. The van der Waals surface area contributed by atoms with Crippen molar-refractivity contribution in [1.29, 1.82) is 0 Å². The third-order valence-electron chi connectivity index (χ3n) is 3.30. The van der Waals surface area contributed by atoms with Crippen LogP contribution in [0, 0.1) is 10.1 Å². The minimum absolute atomic E-state index is 0.0578. The normalized spacial score (nSPS) is 16.9. The van der Waals surface area contributed by atoms with Gasteiger partial charge in [0, 0.05) is 12.1 Å². The van der Waals surface area contributed by atoms with E-state index in [-0.39, 0.29) is 24.5 Å². The first kappa shape index (κ1) is 17.3. The van der Waals surface area contributed by atoms with Crippen LogP contribution < -0.4 is 15.4 Å². The minimum atomic E-state index is -0.542. The number of hydrogen-bond acceptors (Lipinski definition) is 6. The summed E-state index contributed by atoms with van der Waals surface area (Å²) >= 11 is 0. The predicted octanol–water partition coefficient (Wildman–Crippen LogP) is 1.49. The van der Waals surface area contributed by atoms with E-state index in [0.29, 0.717) is 11.4 Å². The maximum atomic E-state index is 12.1. The first-order chi connectivity index (χ1) is 11.4. The molecule has 9 nitrogen and oxygen atoms in total. The molecule has 0 aromatic heterocycles. The Morgan fingerprint density at radius 3 is 2.58 bits per heavy atom. The van der Waals surface area contributed by atoms with Gasteiger partial charge >= 0.3 is 12.0 Å². The molecule has 2 N–H and O–H groups in total. The highest BCUT2D eigenvalue weighted by Gasteiger charge is 2.29. The van der Waals surface area contributed by atoms with Crippen molar-refractivity contribution in [1.82, 2.24) is 10.6 Å². The van der Waals surface area contributed by atoms with Crippen LogP contribution in [0.2, 0.25) is 0 Å². The highest BCUT2D eigenvalue weighted by atomic mass is 16.6. The summed E-state index contributed by atoms with van der Waals surface area (Å²) < 4.78 is 10.5. The molecule has 1 aromatic carbocycles. The van der Waals surface area contributed by atoms with Gasteiger partial charge in [0.25, 0.3) is 5.69 Å². The number of non-ortho nitro benzene ring substituents is 1. The van der Waals surface area contributed by atoms with Crippen LogP contribution >= 0.6 is 0 Å². The number of carbonyl (C=O) groups is 2. The van der Waals surface area contributed by atoms with E-state index in [1.807, 2.05) is 0 Å². The fourth-order valence-electron chi connectivity index (χ4n) is 2.21. The third-order valence-corrected chi connectivity index (χ3v) is 3.30. The van der Waals surface area contributed by atoms with Crippen molar-refractivity contribution in [2.24, 2.45) is 0 Å². The Labute approximate surface area is 137 Å². The second kappa shape index (κ2) is 7.44. The zero-order chi connectivity index (χ0) is 17.7. The topological polar surface area (TPSA) is 120 Å². The lowest BCUT2D eigenvalue weighted by Crippen LogP contribution is -2.50. The summed E-state index contributed by atoms with van der Waals surface area (Å²) in [7, 11) is 0. The van der Waals surface area contributed by atoms with Crippen LogP contribution in [0.15, 0.2) is 35.5 Å². The maximum Gasteiger partial charge on any atom is 0.338 e. The molecule has 1 aliphatic rings. The number of urea groups is 1. The molecule has 0 spiro atoms. The number of nitrogens with zero attached hydrogens (tertiary/aromatic N) is 1. The smallest absolute Gasteiger partial charge is 0.338 e. The SMILES string of the molecule is CCOC(=O)C1=C(COc2ccc([N+](=O)[O-])cc2)NC(=O)N[C@@H]1C. The molecule has 24 heavy (non-hydrogen) atoms. The van der Waals surface area contributed by atoms with Crippen LogP contribution in [0.4, 0.5) is 10.5 Å². The standard InChI is InChI=1S/C15H17N3O6/c1-3-23-14(19)13-9(2)16-15(20)17-12(13)8-24-11-6-4-10(5-7-11)18(21)22/h4-7,9H,3,8H2,1-2H3,(H2,16,17,20)/t9-/m1/s1. The molecule has 2 amide bonds. The van der Waals surface area contributed by atoms with E-state index in [2.05, 4.69) is 10.6 Å². The predicted molar refractivity (Wildman–Crippen MR) is 83.4 cm³/mol. The van der Waals surface area contributed by atoms with Crippen molar-refractivity contribution in [2.45, 2.75) is 19.9 Å². The molecule has 0 bridgehead atoms. The van der Waals surface area contributed by atoms with Crippen molar-refractivity contribution in [3.63, 3.8) is 0 Å². The first-order valence-corrected chi connectivity index (χ1v) is 7.27. The van der Waals surface area contributed by atoms with Gasteiger partial charge in [-0.3, -0.25) is 10.1 Å². The van der Waals surface area contributed by atoms with E-state index in [1.165, 1.54) is 24.3 Å². The van der Waals surface area contributed by atoms with Crippen LogP contribution in [-0.2, 0) is 9.53 Å². The Balaban J connectivity index is 2.16. The largest absolute Gasteiger partial charge is 0.487 e. The van der Waals surface area contributed by atoms with Gasteiger partial charge in [-0.05, 0) is 26.0 Å². The molecule has 1 heterocycles. The van der Waals surface area contributed by atoms with Gasteiger partial charge in [-0.25, -0.2) is 9.59 Å². The lowest BCUT2D eigenvalue weighted by Gasteiger charge is -2.26. The number of amides is 2. The van der Waals surface area contributed by atoms with Gasteiger partial charge < -0.3 is 20.1 Å². The zero-order valence-corrected chi connectivity index (χ0v) is 13.2. The van der Waals surface area contributed by atoms with Crippen molar-refractivity contribution >= 4 is 17.7 Å². The van der Waals surface area contributed by atoms with E-state index >= 15 is 0 Å². The molecule has 0 fully saturated rings. The van der Waals surface area contributed by atoms with E-state index < -0.39 is 23.0 Å². The number of carbonyl (C=O) groups excluding carboxylic acids is 2. The highest BCUT2D eigenvalue weighted by molar-refractivity contribution is 5.94. The number of ether oxygens (including phenoxy) is 2. The van der Waals surface area contributed by atoms with Crippen LogP contribution in [0.5, 0.6) is 5.75 Å². The highest BCUT2D eigenvalue weighted by Crippen LogP contribution is 2.19. The molecule has 0 saturated carbocycles. The average molecular weight is 335 g/mol. The average Bonchev–Trinajstić information content (AvgIpc) is 2.52. The fourth-order valence-corrected chi connectivity index (χ4v) is 2.21. The van der Waals surface area contributed by atoms with Crippen LogP contribution in [0.1, 0.15) is 13.8 Å². The van der Waals surface area contributed by atoms with Crippen LogP contribution in [0.25, 0.3) is 0 Å². The first-order valence-electron chi connectivity index (χ1n) is 7.27. The Morgan fingerprint density at radius 2 is 2.00 bits per heavy atom. The number of esters is 1. The summed E-state index contributed by atoms with van der Waals surface area (Å²) in [5.74, 6) is -0.170. The second-order valence-corrected chi connectivity index (χ2v) is 4.97. The number of nitrogens with one attached hydrogen (secondary N) is 2. The summed E-state index contributed by atoms with van der Waals surface area (Å²) in [5.41, 5.74) is 0.513. The van der Waals surface area contributed by atoms with Crippen molar-refractivity contribution in [3.05, 3.63) is 45.6 Å². The number of nitro groups is 1. The molecule has 1 atom stereocenters. The maximum absolute atomic E-state index is 12.1. The van der Waals surface area contributed by atoms with Crippen molar-refractivity contribution in [2.75, 3.05) is 13.2 Å². The Morgan fingerprint density at radius 1 is 1.33 bits per heavy atom. The monoisotopic (exact) mass is 335 g/mol. The van der Waals surface area contributed by atoms with Crippen LogP contribution in [0.3, 0.4) is 0 Å². The van der Waals surface area contributed by atoms with Gasteiger partial charge in [-0.1, -0.05) is 0 Å². The lowest BCUT2D eigenvalue weighted by atomic mass is 10.0. The number of hydrogen-bond donors (Lipinski definition) is 2. The summed E-state index contributed by atoms with van der Waals surface area (Å²) in [6, 6.07) is 4.52.